The number of rotatable bonds is 5. The van der Waals surface area contributed by atoms with Crippen LogP contribution in [0.4, 0.5) is 5.69 Å². The van der Waals surface area contributed by atoms with Gasteiger partial charge in [0.2, 0.25) is 5.91 Å². The van der Waals surface area contributed by atoms with Gasteiger partial charge in [0.05, 0.1) is 16.3 Å². The molecule has 0 saturated heterocycles. The molecule has 7 heteroatoms. The third-order valence-corrected chi connectivity index (χ3v) is 8.79. The van der Waals surface area contributed by atoms with Gasteiger partial charge in [-0.15, -0.1) is 11.3 Å². The molecule has 1 N–H and O–H groups in total. The Morgan fingerprint density at radius 1 is 1.09 bits per heavy atom. The number of thioether (sulfide) groups is 1. The smallest absolute Gasteiger partial charge is 0.267 e. The van der Waals surface area contributed by atoms with Crippen LogP contribution in [-0.4, -0.2) is 20.7 Å². The van der Waals surface area contributed by atoms with Gasteiger partial charge in [-0.1, -0.05) is 47.7 Å². The summed E-state index contributed by atoms with van der Waals surface area (Å²) in [4.78, 5) is 34.1. The maximum absolute atomic E-state index is 13.9. The summed E-state index contributed by atoms with van der Waals surface area (Å²) < 4.78 is 1.68. The Hall–Kier alpha value is -2.90. The van der Waals surface area contributed by atoms with Gasteiger partial charge in [0.15, 0.2) is 5.16 Å². The number of amides is 1. The standard InChI is InChI=1S/C28H29N3O2S2/c1-16-14-17(2)24(18(3)15-16)29-25(32)19(4)34-28-30-26-23(21-12-8-9-13-22(21)35-26)27(33)31(28)20-10-6-5-7-11-20/h5-7,10-11,14-15,19H,8-9,12-13H2,1-4H3,(H,29,32)/t19-/m0/s1. The van der Waals surface area contributed by atoms with Gasteiger partial charge in [-0.3, -0.25) is 14.2 Å². The van der Waals surface area contributed by atoms with Gasteiger partial charge < -0.3 is 5.32 Å². The summed E-state index contributed by atoms with van der Waals surface area (Å²) >= 11 is 2.97. The molecule has 2 heterocycles. The summed E-state index contributed by atoms with van der Waals surface area (Å²) in [5, 5.41) is 3.96. The Balaban J connectivity index is 1.54. The quantitative estimate of drug-likeness (QED) is 0.254. The number of aromatic nitrogens is 2. The number of fused-ring (bicyclic) bond motifs is 3. The van der Waals surface area contributed by atoms with Crippen LogP contribution in [0.5, 0.6) is 0 Å². The Labute approximate surface area is 213 Å². The third-order valence-electron chi connectivity index (χ3n) is 6.55. The molecule has 0 radical (unpaired) electrons. The molecule has 35 heavy (non-hydrogen) atoms. The normalized spacial score (nSPS) is 14.1. The number of thiophene rings is 1. The van der Waals surface area contributed by atoms with Crippen LogP contribution in [0.1, 0.15) is 46.9 Å². The Morgan fingerprint density at radius 3 is 2.49 bits per heavy atom. The zero-order chi connectivity index (χ0) is 24.7. The summed E-state index contributed by atoms with van der Waals surface area (Å²) in [6, 6.07) is 13.7. The van der Waals surface area contributed by atoms with E-state index in [9.17, 15) is 9.59 Å². The van der Waals surface area contributed by atoms with Crippen molar-refractivity contribution in [3.8, 4) is 5.69 Å². The molecule has 1 atom stereocenters. The van der Waals surface area contributed by atoms with Crippen LogP contribution < -0.4 is 10.9 Å². The van der Waals surface area contributed by atoms with Gasteiger partial charge in [-0.25, -0.2) is 4.98 Å². The lowest BCUT2D eigenvalue weighted by Gasteiger charge is -2.18. The van der Waals surface area contributed by atoms with E-state index in [-0.39, 0.29) is 11.5 Å². The van der Waals surface area contributed by atoms with Crippen LogP contribution in [0, 0.1) is 20.8 Å². The predicted molar refractivity (Wildman–Crippen MR) is 146 cm³/mol. The lowest BCUT2D eigenvalue weighted by molar-refractivity contribution is -0.115. The minimum absolute atomic E-state index is 0.0408. The highest BCUT2D eigenvalue weighted by molar-refractivity contribution is 8.00. The average Bonchev–Trinajstić information content (AvgIpc) is 3.20. The Morgan fingerprint density at radius 2 is 1.77 bits per heavy atom. The maximum atomic E-state index is 13.9. The molecule has 2 aromatic carbocycles. The van der Waals surface area contributed by atoms with Crippen LogP contribution in [0.15, 0.2) is 52.4 Å². The highest BCUT2D eigenvalue weighted by Gasteiger charge is 2.25. The number of benzene rings is 2. The zero-order valence-electron chi connectivity index (χ0n) is 20.5. The van der Waals surface area contributed by atoms with Crippen molar-refractivity contribution in [2.24, 2.45) is 0 Å². The van der Waals surface area contributed by atoms with Gasteiger partial charge >= 0.3 is 0 Å². The Kier molecular flexibility index (Phi) is 6.55. The maximum Gasteiger partial charge on any atom is 0.267 e. The first-order valence-corrected chi connectivity index (χ1v) is 13.7. The largest absolute Gasteiger partial charge is 0.325 e. The van der Waals surface area contributed by atoms with E-state index >= 15 is 0 Å². The number of anilines is 1. The van der Waals surface area contributed by atoms with E-state index in [1.54, 1.807) is 15.9 Å². The second-order valence-corrected chi connectivity index (χ2v) is 11.7. The minimum atomic E-state index is -0.441. The molecule has 0 unspecified atom stereocenters. The number of hydrogen-bond donors (Lipinski definition) is 1. The fraction of sp³-hybridized carbons (Fsp3) is 0.321. The molecule has 1 aliphatic rings. The van der Waals surface area contributed by atoms with Crippen LogP contribution in [-0.2, 0) is 17.6 Å². The molecule has 0 aliphatic heterocycles. The number of hydrogen-bond acceptors (Lipinski definition) is 5. The molecular formula is C28H29N3O2S2. The van der Waals surface area contributed by atoms with Crippen molar-refractivity contribution in [1.29, 1.82) is 0 Å². The molecule has 1 aliphatic carbocycles. The lowest BCUT2D eigenvalue weighted by atomic mass is 9.97. The number of para-hydroxylation sites is 1. The summed E-state index contributed by atoms with van der Waals surface area (Å²) in [6.07, 6.45) is 4.21. The van der Waals surface area contributed by atoms with Crippen LogP contribution in [0.2, 0.25) is 0 Å². The van der Waals surface area contributed by atoms with Crippen LogP contribution >= 0.6 is 23.1 Å². The number of aryl methyl sites for hydroxylation is 5. The molecule has 5 nitrogen and oxygen atoms in total. The average molecular weight is 504 g/mol. The molecular weight excluding hydrogens is 474 g/mol. The van der Waals surface area contributed by atoms with E-state index in [2.05, 4.69) is 24.4 Å². The molecule has 0 bridgehead atoms. The van der Waals surface area contributed by atoms with E-state index < -0.39 is 5.25 Å². The van der Waals surface area contributed by atoms with Gasteiger partial charge in [-0.2, -0.15) is 0 Å². The minimum Gasteiger partial charge on any atom is -0.325 e. The SMILES string of the molecule is Cc1cc(C)c(NC(=O)[C@H](C)Sc2nc3sc4c(c3c(=O)n2-c2ccccc2)CCCC4)c(C)c1. The molecule has 4 aromatic rings. The van der Waals surface area contributed by atoms with Gasteiger partial charge in [0, 0.05) is 10.6 Å². The monoisotopic (exact) mass is 503 g/mol. The highest BCUT2D eigenvalue weighted by Crippen LogP contribution is 2.36. The summed E-state index contributed by atoms with van der Waals surface area (Å²) in [6.45, 7) is 7.93. The van der Waals surface area contributed by atoms with Crippen molar-refractivity contribution in [2.75, 3.05) is 5.32 Å². The van der Waals surface area contributed by atoms with Gasteiger partial charge in [-0.05, 0) is 82.2 Å². The van der Waals surface area contributed by atoms with Crippen LogP contribution in [0.25, 0.3) is 15.9 Å². The van der Waals surface area contributed by atoms with Crippen molar-refractivity contribution in [1.82, 2.24) is 9.55 Å². The first-order chi connectivity index (χ1) is 16.8. The molecule has 0 fully saturated rings. The van der Waals surface area contributed by atoms with E-state index in [0.717, 1.165) is 58.4 Å². The van der Waals surface area contributed by atoms with Crippen molar-refractivity contribution in [3.63, 3.8) is 0 Å². The van der Waals surface area contributed by atoms with E-state index in [4.69, 9.17) is 4.98 Å². The Bertz CT molecular complexity index is 1460. The fourth-order valence-corrected chi connectivity index (χ4v) is 7.11. The van der Waals surface area contributed by atoms with Crippen molar-refractivity contribution in [3.05, 3.63) is 79.9 Å². The van der Waals surface area contributed by atoms with Crippen LogP contribution in [0.3, 0.4) is 0 Å². The van der Waals surface area contributed by atoms with Crippen molar-refractivity contribution in [2.45, 2.75) is 63.8 Å². The second kappa shape index (κ2) is 9.63. The molecule has 1 amide bonds. The molecule has 0 spiro atoms. The molecule has 2 aromatic heterocycles. The van der Waals surface area contributed by atoms with E-state index in [1.165, 1.54) is 27.8 Å². The summed E-state index contributed by atoms with van der Waals surface area (Å²) in [7, 11) is 0. The number of carbonyl (C=O) groups excluding carboxylic acids is 1. The highest BCUT2D eigenvalue weighted by atomic mass is 32.2. The fourth-order valence-electron chi connectivity index (χ4n) is 4.88. The van der Waals surface area contributed by atoms with Crippen molar-refractivity contribution >= 4 is 44.9 Å². The van der Waals surface area contributed by atoms with Gasteiger partial charge in [0.1, 0.15) is 4.83 Å². The topological polar surface area (TPSA) is 64.0 Å². The first kappa shape index (κ1) is 23.8. The number of nitrogens with one attached hydrogen (secondary N) is 1. The van der Waals surface area contributed by atoms with Crippen molar-refractivity contribution < 1.29 is 4.79 Å². The third kappa shape index (κ3) is 4.55. The van der Waals surface area contributed by atoms with E-state index in [0.29, 0.717) is 5.16 Å². The number of carbonyl (C=O) groups is 1. The summed E-state index contributed by atoms with van der Waals surface area (Å²) in [5.41, 5.74) is 6.00. The predicted octanol–water partition coefficient (Wildman–Crippen LogP) is 6.37. The zero-order valence-corrected chi connectivity index (χ0v) is 22.1. The number of nitrogens with zero attached hydrogens (tertiary/aromatic N) is 2. The molecule has 5 rings (SSSR count). The molecule has 180 valence electrons. The first-order valence-electron chi connectivity index (χ1n) is 12.0. The lowest BCUT2D eigenvalue weighted by Crippen LogP contribution is -2.26. The van der Waals surface area contributed by atoms with Gasteiger partial charge in [0.25, 0.3) is 5.56 Å². The molecule has 0 saturated carbocycles. The summed E-state index contributed by atoms with van der Waals surface area (Å²) in [5.74, 6) is -0.107. The van der Waals surface area contributed by atoms with E-state index in [1.807, 2.05) is 51.1 Å². The second-order valence-electron chi connectivity index (χ2n) is 9.28.